The lowest BCUT2D eigenvalue weighted by Gasteiger charge is -2.29. The second-order valence-electron chi connectivity index (χ2n) is 5.12. The first-order valence-corrected chi connectivity index (χ1v) is 6.74. The SMILES string of the molecule is CCCN(CC(=O)N1CCC(=O)CC1)C1CC1. The zero-order valence-electron chi connectivity index (χ0n) is 10.7. The molecule has 1 saturated heterocycles. The number of hydrogen-bond donors (Lipinski definition) is 0. The monoisotopic (exact) mass is 238 g/mol. The molecule has 2 aliphatic rings. The molecule has 0 N–H and O–H groups in total. The summed E-state index contributed by atoms with van der Waals surface area (Å²) >= 11 is 0. The Hall–Kier alpha value is -0.900. The molecule has 0 aromatic heterocycles. The molecule has 1 aliphatic carbocycles. The van der Waals surface area contributed by atoms with Crippen LogP contribution in [0.1, 0.15) is 39.0 Å². The summed E-state index contributed by atoms with van der Waals surface area (Å²) in [6.07, 6.45) is 4.67. The Morgan fingerprint density at radius 2 is 2.00 bits per heavy atom. The number of carbonyl (C=O) groups excluding carboxylic acids is 2. The highest BCUT2D eigenvalue weighted by molar-refractivity contribution is 5.84. The lowest BCUT2D eigenvalue weighted by Crippen LogP contribution is -2.45. The molecular formula is C13H22N2O2. The van der Waals surface area contributed by atoms with E-state index in [1.165, 1.54) is 12.8 Å². The molecular weight excluding hydrogens is 216 g/mol. The minimum absolute atomic E-state index is 0.206. The van der Waals surface area contributed by atoms with Crippen molar-refractivity contribution in [2.45, 2.75) is 45.1 Å². The number of rotatable bonds is 5. The van der Waals surface area contributed by atoms with Crippen molar-refractivity contribution in [2.24, 2.45) is 0 Å². The van der Waals surface area contributed by atoms with Gasteiger partial charge in [0.15, 0.2) is 0 Å². The van der Waals surface area contributed by atoms with Crippen molar-refractivity contribution in [2.75, 3.05) is 26.2 Å². The number of piperidine rings is 1. The van der Waals surface area contributed by atoms with Crippen LogP contribution >= 0.6 is 0 Å². The smallest absolute Gasteiger partial charge is 0.236 e. The molecule has 2 rings (SSSR count). The van der Waals surface area contributed by atoms with Gasteiger partial charge in [-0.3, -0.25) is 14.5 Å². The van der Waals surface area contributed by atoms with Crippen molar-refractivity contribution in [3.05, 3.63) is 0 Å². The molecule has 96 valence electrons. The molecule has 0 atom stereocenters. The second-order valence-corrected chi connectivity index (χ2v) is 5.12. The predicted octanol–water partition coefficient (Wildman–Crippen LogP) is 1.05. The fourth-order valence-corrected chi connectivity index (χ4v) is 2.40. The van der Waals surface area contributed by atoms with Crippen LogP contribution in [0.2, 0.25) is 0 Å². The van der Waals surface area contributed by atoms with Gasteiger partial charge in [-0.25, -0.2) is 0 Å². The summed E-state index contributed by atoms with van der Waals surface area (Å²) in [6.45, 7) is 4.97. The van der Waals surface area contributed by atoms with E-state index in [-0.39, 0.29) is 5.91 Å². The van der Waals surface area contributed by atoms with Gasteiger partial charge >= 0.3 is 0 Å². The molecule has 0 radical (unpaired) electrons. The number of nitrogens with zero attached hydrogens (tertiary/aromatic N) is 2. The number of ketones is 1. The van der Waals surface area contributed by atoms with Crippen LogP contribution in [0.25, 0.3) is 0 Å². The van der Waals surface area contributed by atoms with Gasteiger partial charge in [-0.2, -0.15) is 0 Å². The third-order valence-corrected chi connectivity index (χ3v) is 3.59. The Labute approximate surface area is 103 Å². The van der Waals surface area contributed by atoms with Crippen LogP contribution in [-0.2, 0) is 9.59 Å². The molecule has 2 fully saturated rings. The van der Waals surface area contributed by atoms with Crippen molar-refractivity contribution < 1.29 is 9.59 Å². The predicted molar refractivity (Wildman–Crippen MR) is 65.7 cm³/mol. The zero-order valence-corrected chi connectivity index (χ0v) is 10.7. The van der Waals surface area contributed by atoms with E-state index in [0.29, 0.717) is 44.3 Å². The number of Topliss-reactive ketones (excluding diaryl/α,β-unsaturated/α-hetero) is 1. The minimum atomic E-state index is 0.206. The number of amides is 1. The van der Waals surface area contributed by atoms with E-state index in [1.807, 2.05) is 4.90 Å². The molecule has 0 aromatic rings. The molecule has 0 spiro atoms. The molecule has 0 bridgehead atoms. The van der Waals surface area contributed by atoms with Gasteiger partial charge in [0.05, 0.1) is 6.54 Å². The van der Waals surface area contributed by atoms with Gasteiger partial charge in [-0.15, -0.1) is 0 Å². The van der Waals surface area contributed by atoms with E-state index in [1.54, 1.807) is 0 Å². The van der Waals surface area contributed by atoms with E-state index < -0.39 is 0 Å². The molecule has 1 amide bonds. The van der Waals surface area contributed by atoms with Crippen LogP contribution in [0.15, 0.2) is 0 Å². The maximum Gasteiger partial charge on any atom is 0.236 e. The highest BCUT2D eigenvalue weighted by atomic mass is 16.2. The summed E-state index contributed by atoms with van der Waals surface area (Å²) in [5.41, 5.74) is 0. The Bertz CT molecular complexity index is 290. The summed E-state index contributed by atoms with van der Waals surface area (Å²) in [5.74, 6) is 0.500. The van der Waals surface area contributed by atoms with Gasteiger partial charge in [0.2, 0.25) is 5.91 Å². The fourth-order valence-electron chi connectivity index (χ4n) is 2.40. The van der Waals surface area contributed by atoms with Crippen molar-refractivity contribution >= 4 is 11.7 Å². The first kappa shape index (κ1) is 12.6. The van der Waals surface area contributed by atoms with E-state index in [2.05, 4.69) is 11.8 Å². The van der Waals surface area contributed by atoms with E-state index in [9.17, 15) is 9.59 Å². The van der Waals surface area contributed by atoms with Gasteiger partial charge in [0, 0.05) is 32.0 Å². The van der Waals surface area contributed by atoms with Crippen molar-refractivity contribution in [3.8, 4) is 0 Å². The van der Waals surface area contributed by atoms with Crippen LogP contribution in [-0.4, -0.2) is 53.7 Å². The maximum atomic E-state index is 12.1. The third kappa shape index (κ3) is 3.53. The second kappa shape index (κ2) is 5.63. The molecule has 4 nitrogen and oxygen atoms in total. The van der Waals surface area contributed by atoms with Gasteiger partial charge in [-0.1, -0.05) is 6.92 Å². The summed E-state index contributed by atoms with van der Waals surface area (Å²) in [4.78, 5) is 27.4. The average molecular weight is 238 g/mol. The number of hydrogen-bond acceptors (Lipinski definition) is 3. The maximum absolute atomic E-state index is 12.1. The molecule has 1 saturated carbocycles. The summed E-state index contributed by atoms with van der Waals surface area (Å²) in [7, 11) is 0. The minimum Gasteiger partial charge on any atom is -0.341 e. The van der Waals surface area contributed by atoms with Crippen molar-refractivity contribution in [1.82, 2.24) is 9.80 Å². The molecule has 17 heavy (non-hydrogen) atoms. The fraction of sp³-hybridized carbons (Fsp3) is 0.846. The van der Waals surface area contributed by atoms with E-state index in [4.69, 9.17) is 0 Å². The Balaban J connectivity index is 1.80. The molecule has 0 unspecified atom stereocenters. The average Bonchev–Trinajstić information content (AvgIpc) is 3.13. The van der Waals surface area contributed by atoms with Gasteiger partial charge in [0.25, 0.3) is 0 Å². The highest BCUT2D eigenvalue weighted by Gasteiger charge is 2.31. The lowest BCUT2D eigenvalue weighted by atomic mass is 10.1. The summed E-state index contributed by atoms with van der Waals surface area (Å²) in [5, 5.41) is 0. The standard InChI is InChI=1S/C13H22N2O2/c1-2-7-15(11-3-4-11)10-13(17)14-8-5-12(16)6-9-14/h11H,2-10H2,1H3. The van der Waals surface area contributed by atoms with Gasteiger partial charge in [0.1, 0.15) is 5.78 Å². The third-order valence-electron chi connectivity index (χ3n) is 3.59. The van der Waals surface area contributed by atoms with Crippen LogP contribution in [0, 0.1) is 0 Å². The molecule has 1 aliphatic heterocycles. The number of carbonyl (C=O) groups is 2. The van der Waals surface area contributed by atoms with Crippen LogP contribution in [0.3, 0.4) is 0 Å². The Kier molecular flexibility index (Phi) is 4.15. The van der Waals surface area contributed by atoms with Crippen LogP contribution in [0.5, 0.6) is 0 Å². The molecule has 4 heteroatoms. The normalized spacial score (nSPS) is 21.1. The van der Waals surface area contributed by atoms with E-state index in [0.717, 1.165) is 13.0 Å². The Morgan fingerprint density at radius 3 is 2.53 bits per heavy atom. The molecule has 0 aromatic carbocycles. The van der Waals surface area contributed by atoms with Crippen molar-refractivity contribution in [3.63, 3.8) is 0 Å². The molecule has 1 heterocycles. The largest absolute Gasteiger partial charge is 0.341 e. The van der Waals surface area contributed by atoms with Crippen LogP contribution in [0.4, 0.5) is 0 Å². The summed E-state index contributed by atoms with van der Waals surface area (Å²) < 4.78 is 0. The Morgan fingerprint density at radius 1 is 1.35 bits per heavy atom. The lowest BCUT2D eigenvalue weighted by molar-refractivity contribution is -0.135. The summed E-state index contributed by atoms with van der Waals surface area (Å²) in [6, 6.07) is 0.644. The first-order valence-electron chi connectivity index (χ1n) is 6.74. The topological polar surface area (TPSA) is 40.6 Å². The van der Waals surface area contributed by atoms with E-state index >= 15 is 0 Å². The zero-order chi connectivity index (χ0) is 12.3. The number of likely N-dealkylation sites (tertiary alicyclic amines) is 1. The van der Waals surface area contributed by atoms with Crippen molar-refractivity contribution in [1.29, 1.82) is 0 Å². The van der Waals surface area contributed by atoms with Crippen LogP contribution < -0.4 is 0 Å². The first-order chi connectivity index (χ1) is 8.20. The quantitative estimate of drug-likeness (QED) is 0.719. The highest BCUT2D eigenvalue weighted by Crippen LogP contribution is 2.26. The van der Waals surface area contributed by atoms with Gasteiger partial charge in [-0.05, 0) is 25.8 Å². The van der Waals surface area contributed by atoms with Gasteiger partial charge < -0.3 is 4.90 Å².